The normalized spacial score (nSPS) is 10.6. The van der Waals surface area contributed by atoms with E-state index in [0.717, 1.165) is 32.2 Å². The molecule has 0 radical (unpaired) electrons. The van der Waals surface area contributed by atoms with Gasteiger partial charge in [-0.2, -0.15) is 5.10 Å². The van der Waals surface area contributed by atoms with Crippen molar-refractivity contribution in [1.29, 1.82) is 0 Å². The van der Waals surface area contributed by atoms with E-state index >= 15 is 0 Å². The number of hydrogen-bond acceptors (Lipinski definition) is 4. The first-order valence-electron chi connectivity index (χ1n) is 5.25. The Labute approximate surface area is 114 Å². The van der Waals surface area contributed by atoms with E-state index in [1.165, 1.54) is 0 Å². The molecule has 0 aliphatic heterocycles. The van der Waals surface area contributed by atoms with Gasteiger partial charge in [0.2, 0.25) is 0 Å². The van der Waals surface area contributed by atoms with Crippen molar-refractivity contribution in [3.63, 3.8) is 0 Å². The summed E-state index contributed by atoms with van der Waals surface area (Å²) in [6, 6.07) is 0. The van der Waals surface area contributed by atoms with E-state index in [4.69, 9.17) is 0 Å². The molecule has 0 aliphatic rings. The molecule has 0 aliphatic carbocycles. The topological polar surface area (TPSA) is 55.6 Å². The number of anilines is 1. The summed E-state index contributed by atoms with van der Waals surface area (Å²) in [5.74, 6) is 1.58. The summed E-state index contributed by atoms with van der Waals surface area (Å²) in [7, 11) is 3.78. The van der Waals surface area contributed by atoms with Gasteiger partial charge in [-0.3, -0.25) is 4.68 Å². The maximum atomic E-state index is 4.51. The van der Waals surface area contributed by atoms with Gasteiger partial charge in [0.25, 0.3) is 0 Å². The third kappa shape index (κ3) is 2.13. The first-order chi connectivity index (χ1) is 8.04. The monoisotopic (exact) mass is 343 g/mol. The predicted molar refractivity (Wildman–Crippen MR) is 76.0 cm³/mol. The molecule has 0 amide bonds. The third-order valence-electron chi connectivity index (χ3n) is 2.73. The van der Waals surface area contributed by atoms with Gasteiger partial charge < -0.3 is 5.32 Å². The van der Waals surface area contributed by atoms with Crippen molar-refractivity contribution < 1.29 is 0 Å². The van der Waals surface area contributed by atoms with E-state index in [9.17, 15) is 0 Å². The highest BCUT2D eigenvalue weighted by Gasteiger charge is 2.13. The van der Waals surface area contributed by atoms with Crippen molar-refractivity contribution in [2.24, 2.45) is 7.05 Å². The lowest BCUT2D eigenvalue weighted by Crippen LogP contribution is -2.03. The van der Waals surface area contributed by atoms with Crippen LogP contribution in [0.25, 0.3) is 11.4 Å². The number of hydrogen-bond donors (Lipinski definition) is 1. The smallest absolute Gasteiger partial charge is 0.165 e. The predicted octanol–water partition coefficient (Wildman–Crippen LogP) is 2.14. The standard InChI is InChI=1S/C11H14IN5/c1-6-9(12)11(13-3)16-10(15-6)8-5-14-17(4)7(8)2/h5H,1-4H3,(H,13,15,16). The molecule has 0 unspecified atom stereocenters. The van der Waals surface area contributed by atoms with Gasteiger partial charge >= 0.3 is 0 Å². The fourth-order valence-corrected chi connectivity index (χ4v) is 2.07. The van der Waals surface area contributed by atoms with Crippen molar-refractivity contribution in [1.82, 2.24) is 19.7 Å². The van der Waals surface area contributed by atoms with E-state index < -0.39 is 0 Å². The molecule has 2 rings (SSSR count). The Hall–Kier alpha value is -1.18. The molecule has 0 saturated heterocycles. The zero-order chi connectivity index (χ0) is 12.6. The summed E-state index contributed by atoms with van der Waals surface area (Å²) in [4.78, 5) is 9.03. The molecule has 1 N–H and O–H groups in total. The van der Waals surface area contributed by atoms with Gasteiger partial charge in [0.05, 0.1) is 21.0 Å². The zero-order valence-corrected chi connectivity index (χ0v) is 12.4. The van der Waals surface area contributed by atoms with Gasteiger partial charge in [-0.25, -0.2) is 9.97 Å². The quantitative estimate of drug-likeness (QED) is 0.849. The maximum absolute atomic E-state index is 4.51. The summed E-state index contributed by atoms with van der Waals surface area (Å²) in [6.07, 6.45) is 1.80. The van der Waals surface area contributed by atoms with Gasteiger partial charge in [0.1, 0.15) is 5.82 Å². The molecule has 0 fully saturated rings. The fraction of sp³-hybridized carbons (Fsp3) is 0.364. The fourth-order valence-electron chi connectivity index (χ4n) is 1.56. The Morgan fingerprint density at radius 1 is 1.29 bits per heavy atom. The SMILES string of the molecule is CNc1nc(-c2cnn(C)c2C)nc(C)c1I. The van der Waals surface area contributed by atoms with Gasteiger partial charge in [-0.15, -0.1) is 0 Å². The summed E-state index contributed by atoms with van der Waals surface area (Å²) in [6.45, 7) is 4.00. The first kappa shape index (κ1) is 12.3. The van der Waals surface area contributed by atoms with Gasteiger partial charge in [-0.1, -0.05) is 0 Å². The van der Waals surface area contributed by atoms with Crippen LogP contribution in [0.4, 0.5) is 5.82 Å². The molecule has 0 spiro atoms. The number of nitrogens with one attached hydrogen (secondary N) is 1. The summed E-state index contributed by atoms with van der Waals surface area (Å²) in [5, 5.41) is 7.30. The van der Waals surface area contributed by atoms with E-state index in [0.29, 0.717) is 0 Å². The van der Waals surface area contributed by atoms with Crippen LogP contribution >= 0.6 is 22.6 Å². The minimum atomic E-state index is 0.720. The number of nitrogens with zero attached hydrogens (tertiary/aromatic N) is 4. The van der Waals surface area contributed by atoms with Crippen molar-refractivity contribution in [3.8, 4) is 11.4 Å². The first-order valence-corrected chi connectivity index (χ1v) is 6.33. The molecule has 2 aromatic heterocycles. The number of aryl methyl sites for hydroxylation is 2. The molecular weight excluding hydrogens is 329 g/mol. The average molecular weight is 343 g/mol. The highest BCUT2D eigenvalue weighted by atomic mass is 127. The maximum Gasteiger partial charge on any atom is 0.165 e. The lowest BCUT2D eigenvalue weighted by Gasteiger charge is -2.08. The Balaban J connectivity index is 2.61. The van der Waals surface area contributed by atoms with Gasteiger partial charge in [0.15, 0.2) is 5.82 Å². The molecule has 2 aromatic rings. The van der Waals surface area contributed by atoms with E-state index in [1.807, 2.05) is 32.6 Å². The second kappa shape index (κ2) is 4.59. The molecule has 2 heterocycles. The van der Waals surface area contributed by atoms with Crippen LogP contribution in [0, 0.1) is 17.4 Å². The van der Waals surface area contributed by atoms with Crippen LogP contribution in [-0.4, -0.2) is 26.8 Å². The van der Waals surface area contributed by atoms with Crippen LogP contribution in [-0.2, 0) is 7.05 Å². The molecular formula is C11H14IN5. The summed E-state index contributed by atoms with van der Waals surface area (Å²) >= 11 is 2.25. The van der Waals surface area contributed by atoms with Crippen molar-refractivity contribution in [2.75, 3.05) is 12.4 Å². The molecule has 0 saturated carbocycles. The van der Waals surface area contributed by atoms with Crippen molar-refractivity contribution in [3.05, 3.63) is 21.2 Å². The summed E-state index contributed by atoms with van der Waals surface area (Å²) < 4.78 is 2.88. The Morgan fingerprint density at radius 3 is 2.53 bits per heavy atom. The lowest BCUT2D eigenvalue weighted by atomic mass is 10.2. The minimum Gasteiger partial charge on any atom is -0.372 e. The van der Waals surface area contributed by atoms with Crippen LogP contribution in [0.5, 0.6) is 0 Å². The lowest BCUT2D eigenvalue weighted by molar-refractivity contribution is 0.740. The van der Waals surface area contributed by atoms with E-state index in [2.05, 4.69) is 43.0 Å². The molecule has 0 atom stereocenters. The molecule has 90 valence electrons. The Bertz CT molecular complexity index is 561. The minimum absolute atomic E-state index is 0.720. The van der Waals surface area contributed by atoms with Crippen molar-refractivity contribution in [2.45, 2.75) is 13.8 Å². The van der Waals surface area contributed by atoms with Gasteiger partial charge in [0, 0.05) is 19.8 Å². The van der Waals surface area contributed by atoms with Crippen LogP contribution in [0.15, 0.2) is 6.20 Å². The van der Waals surface area contributed by atoms with Crippen LogP contribution in [0.2, 0.25) is 0 Å². The number of rotatable bonds is 2. The van der Waals surface area contributed by atoms with E-state index in [1.54, 1.807) is 6.20 Å². The van der Waals surface area contributed by atoms with Gasteiger partial charge in [-0.05, 0) is 36.4 Å². The van der Waals surface area contributed by atoms with Crippen molar-refractivity contribution >= 4 is 28.4 Å². The number of aromatic nitrogens is 4. The molecule has 0 aromatic carbocycles. The van der Waals surface area contributed by atoms with Crippen LogP contribution < -0.4 is 5.32 Å². The Morgan fingerprint density at radius 2 is 2.00 bits per heavy atom. The Kier molecular flexibility index (Phi) is 3.32. The second-order valence-electron chi connectivity index (χ2n) is 3.81. The molecule has 0 bridgehead atoms. The zero-order valence-electron chi connectivity index (χ0n) is 10.2. The average Bonchev–Trinajstić information content (AvgIpc) is 2.64. The second-order valence-corrected chi connectivity index (χ2v) is 4.89. The van der Waals surface area contributed by atoms with Crippen LogP contribution in [0.3, 0.4) is 0 Å². The largest absolute Gasteiger partial charge is 0.372 e. The number of halogens is 1. The highest BCUT2D eigenvalue weighted by molar-refractivity contribution is 14.1. The molecule has 6 heteroatoms. The molecule has 5 nitrogen and oxygen atoms in total. The summed E-state index contributed by atoms with van der Waals surface area (Å²) in [5.41, 5.74) is 3.01. The van der Waals surface area contributed by atoms with Crippen LogP contribution in [0.1, 0.15) is 11.4 Å². The highest BCUT2D eigenvalue weighted by Crippen LogP contribution is 2.24. The van der Waals surface area contributed by atoms with E-state index in [-0.39, 0.29) is 0 Å². The molecule has 17 heavy (non-hydrogen) atoms. The third-order valence-corrected chi connectivity index (χ3v) is 4.02.